The van der Waals surface area contributed by atoms with Crippen LogP contribution in [0, 0.1) is 5.82 Å². The van der Waals surface area contributed by atoms with Crippen molar-refractivity contribution >= 4 is 27.4 Å². The first-order valence-electron chi connectivity index (χ1n) is 11.3. The average molecular weight is 493 g/mol. The molecular formula is C23H29FN4O5S. The summed E-state index contributed by atoms with van der Waals surface area (Å²) >= 11 is 0. The predicted molar refractivity (Wildman–Crippen MR) is 124 cm³/mol. The second kappa shape index (κ2) is 9.36. The van der Waals surface area contributed by atoms with Crippen molar-refractivity contribution in [3.63, 3.8) is 0 Å². The summed E-state index contributed by atoms with van der Waals surface area (Å²) in [5.41, 5.74) is 1.03. The van der Waals surface area contributed by atoms with Crippen LogP contribution in [0.15, 0.2) is 29.4 Å². The maximum atomic E-state index is 14.9. The van der Waals surface area contributed by atoms with E-state index in [-0.39, 0.29) is 34.9 Å². The first-order valence-corrected chi connectivity index (χ1v) is 13.2. The molecule has 2 aliphatic heterocycles. The van der Waals surface area contributed by atoms with E-state index in [1.165, 1.54) is 18.5 Å². The molecule has 1 fully saturated rings. The van der Waals surface area contributed by atoms with Gasteiger partial charge >= 0.3 is 6.09 Å². The third kappa shape index (κ3) is 4.94. The van der Waals surface area contributed by atoms with Gasteiger partial charge in [-0.3, -0.25) is 0 Å². The second-order valence-corrected chi connectivity index (χ2v) is 11.0. The normalized spacial score (nSPS) is 18.8. The van der Waals surface area contributed by atoms with Crippen molar-refractivity contribution in [3.05, 3.63) is 35.9 Å². The fourth-order valence-electron chi connectivity index (χ4n) is 4.33. The molecule has 0 bridgehead atoms. The number of hydrogen-bond donors (Lipinski definition) is 0. The van der Waals surface area contributed by atoms with E-state index in [1.54, 1.807) is 9.80 Å². The third-order valence-corrected chi connectivity index (χ3v) is 7.08. The van der Waals surface area contributed by atoms with Crippen molar-refractivity contribution in [3.8, 4) is 5.88 Å². The van der Waals surface area contributed by atoms with E-state index in [2.05, 4.69) is 9.97 Å². The number of piperidine rings is 1. The SMILES string of the molecule is CC(C)OC(=O)N1CCC(Oc2ncnc3c2C[C@@H](C)N3c2ccc(S(C)(=O)=O)cc2F)CC1. The number of fused-ring (bicyclic) bond motifs is 1. The number of sulfone groups is 1. The zero-order chi connectivity index (χ0) is 24.6. The van der Waals surface area contributed by atoms with Crippen LogP contribution in [0.1, 0.15) is 39.2 Å². The number of halogens is 1. The first kappa shape index (κ1) is 24.2. The quantitative estimate of drug-likeness (QED) is 0.625. The smallest absolute Gasteiger partial charge is 0.410 e. The average Bonchev–Trinajstić information content (AvgIpc) is 3.10. The van der Waals surface area contributed by atoms with Crippen molar-refractivity contribution in [2.45, 2.75) is 63.2 Å². The molecule has 34 heavy (non-hydrogen) atoms. The van der Waals surface area contributed by atoms with Crippen molar-refractivity contribution < 1.29 is 27.1 Å². The third-order valence-electron chi connectivity index (χ3n) is 5.97. The van der Waals surface area contributed by atoms with Crippen LogP contribution >= 0.6 is 0 Å². The van der Waals surface area contributed by atoms with E-state index in [0.29, 0.717) is 44.0 Å². The lowest BCUT2D eigenvalue weighted by Gasteiger charge is -2.32. The molecule has 9 nitrogen and oxygen atoms in total. The van der Waals surface area contributed by atoms with Crippen molar-refractivity contribution in [2.24, 2.45) is 0 Å². The van der Waals surface area contributed by atoms with Crippen molar-refractivity contribution in [1.82, 2.24) is 14.9 Å². The Morgan fingerprint density at radius 2 is 1.91 bits per heavy atom. The monoisotopic (exact) mass is 492 g/mol. The zero-order valence-corrected chi connectivity index (χ0v) is 20.5. The molecule has 3 heterocycles. The van der Waals surface area contributed by atoms with Gasteiger partial charge in [0.25, 0.3) is 0 Å². The van der Waals surface area contributed by atoms with Crippen LogP contribution in [-0.2, 0) is 21.0 Å². The van der Waals surface area contributed by atoms with Gasteiger partial charge in [-0.2, -0.15) is 0 Å². The lowest BCUT2D eigenvalue weighted by molar-refractivity contribution is 0.0505. The van der Waals surface area contributed by atoms with Crippen molar-refractivity contribution in [2.75, 3.05) is 24.2 Å². The highest BCUT2D eigenvalue weighted by atomic mass is 32.2. The molecule has 1 aromatic carbocycles. The van der Waals surface area contributed by atoms with Gasteiger partial charge in [0.2, 0.25) is 5.88 Å². The van der Waals surface area contributed by atoms with Crippen LogP contribution in [0.4, 0.5) is 20.7 Å². The number of ether oxygens (including phenoxy) is 2. The Hall–Kier alpha value is -2.95. The summed E-state index contributed by atoms with van der Waals surface area (Å²) in [7, 11) is -3.51. The molecule has 0 radical (unpaired) electrons. The minimum absolute atomic E-state index is 0.0730. The zero-order valence-electron chi connectivity index (χ0n) is 19.7. The van der Waals surface area contributed by atoms with Gasteiger partial charge in [-0.05, 0) is 39.0 Å². The van der Waals surface area contributed by atoms with E-state index in [9.17, 15) is 17.6 Å². The minimum atomic E-state index is -3.51. The summed E-state index contributed by atoms with van der Waals surface area (Å²) in [6.45, 7) is 6.64. The summed E-state index contributed by atoms with van der Waals surface area (Å²) in [6, 6.07) is 3.77. The Kier molecular flexibility index (Phi) is 6.66. The minimum Gasteiger partial charge on any atom is -0.474 e. The van der Waals surface area contributed by atoms with E-state index >= 15 is 0 Å². The lowest BCUT2D eigenvalue weighted by atomic mass is 10.1. The number of aromatic nitrogens is 2. The highest BCUT2D eigenvalue weighted by molar-refractivity contribution is 7.90. The largest absolute Gasteiger partial charge is 0.474 e. The molecule has 0 spiro atoms. The molecule has 0 unspecified atom stereocenters. The van der Waals surface area contributed by atoms with E-state index in [4.69, 9.17) is 9.47 Å². The Morgan fingerprint density at radius 1 is 1.21 bits per heavy atom. The predicted octanol–water partition coefficient (Wildman–Crippen LogP) is 3.49. The van der Waals surface area contributed by atoms with Crippen LogP contribution in [0.3, 0.4) is 0 Å². The van der Waals surface area contributed by atoms with E-state index in [1.807, 2.05) is 20.8 Å². The maximum absolute atomic E-state index is 14.9. The first-order chi connectivity index (χ1) is 16.0. The summed E-state index contributed by atoms with van der Waals surface area (Å²) in [5.74, 6) is 0.363. The summed E-state index contributed by atoms with van der Waals surface area (Å²) < 4.78 is 49.9. The second-order valence-electron chi connectivity index (χ2n) is 9.03. The summed E-state index contributed by atoms with van der Waals surface area (Å²) in [6.07, 6.45) is 3.68. The molecule has 1 atom stereocenters. The maximum Gasteiger partial charge on any atom is 0.410 e. The topological polar surface area (TPSA) is 102 Å². The van der Waals surface area contributed by atoms with Gasteiger partial charge in [-0.25, -0.2) is 27.6 Å². The molecule has 2 aliphatic rings. The van der Waals surface area contributed by atoms with Gasteiger partial charge in [-0.15, -0.1) is 0 Å². The molecule has 1 amide bonds. The number of carbonyl (C=O) groups excluding carboxylic acids is 1. The number of carbonyl (C=O) groups is 1. The molecular weight excluding hydrogens is 463 g/mol. The Labute approximate surface area is 198 Å². The molecule has 0 N–H and O–H groups in total. The fourth-order valence-corrected chi connectivity index (χ4v) is 4.96. The molecule has 0 aliphatic carbocycles. The number of hydrogen-bond acceptors (Lipinski definition) is 8. The van der Waals surface area contributed by atoms with Crippen molar-refractivity contribution in [1.29, 1.82) is 0 Å². The highest BCUT2D eigenvalue weighted by Gasteiger charge is 2.35. The fraction of sp³-hybridized carbons (Fsp3) is 0.522. The molecule has 1 saturated heterocycles. The van der Waals surface area contributed by atoms with Crippen LogP contribution in [-0.4, -0.2) is 67.0 Å². The van der Waals surface area contributed by atoms with Gasteiger partial charge in [0.15, 0.2) is 9.84 Å². The highest BCUT2D eigenvalue weighted by Crippen LogP contribution is 2.41. The van der Waals surface area contributed by atoms with Gasteiger partial charge in [-0.1, -0.05) is 0 Å². The van der Waals surface area contributed by atoms with Crippen LogP contribution in [0.5, 0.6) is 5.88 Å². The molecule has 1 aromatic heterocycles. The van der Waals surface area contributed by atoms with Gasteiger partial charge < -0.3 is 19.3 Å². The molecule has 0 saturated carbocycles. The van der Waals surface area contributed by atoms with Crippen LogP contribution in [0.25, 0.3) is 0 Å². The number of amides is 1. The molecule has 4 rings (SSSR count). The number of rotatable bonds is 5. The summed E-state index contributed by atoms with van der Waals surface area (Å²) in [4.78, 5) is 24.2. The van der Waals surface area contributed by atoms with Gasteiger partial charge in [0, 0.05) is 44.6 Å². The Balaban J connectivity index is 1.51. The standard InChI is InChI=1S/C23H29FN4O5S/c1-14(2)32-23(29)27-9-7-16(8-10-27)33-22-18-11-15(3)28(21(18)25-13-26-22)20-6-5-17(12-19(20)24)34(4,30)31/h5-6,12-16H,7-11H2,1-4H3/t15-/m1/s1. The Bertz CT molecular complexity index is 1180. The number of likely N-dealkylation sites (tertiary alicyclic amines) is 1. The van der Waals surface area contributed by atoms with E-state index < -0.39 is 15.7 Å². The van der Waals surface area contributed by atoms with Gasteiger partial charge in [0.05, 0.1) is 22.3 Å². The molecule has 184 valence electrons. The molecule has 2 aromatic rings. The van der Waals surface area contributed by atoms with Crippen LogP contribution in [0.2, 0.25) is 0 Å². The number of anilines is 2. The lowest BCUT2D eigenvalue weighted by Crippen LogP contribution is -2.42. The number of nitrogens with zero attached hydrogens (tertiary/aromatic N) is 4. The van der Waals surface area contributed by atoms with E-state index in [0.717, 1.165) is 17.9 Å². The summed E-state index contributed by atoms with van der Waals surface area (Å²) in [5, 5.41) is 0. The number of benzene rings is 1. The van der Waals surface area contributed by atoms with Crippen LogP contribution < -0.4 is 9.64 Å². The Morgan fingerprint density at radius 3 is 2.53 bits per heavy atom. The van der Waals surface area contributed by atoms with Gasteiger partial charge in [0.1, 0.15) is 24.1 Å². The molecule has 11 heteroatoms.